The molecular formula is C13H19F2N3O. The van der Waals surface area contributed by atoms with Crippen molar-refractivity contribution in [3.63, 3.8) is 0 Å². The number of nitrogens with one attached hydrogen (secondary N) is 1. The minimum Gasteiger partial charge on any atom is -0.380 e. The van der Waals surface area contributed by atoms with Crippen molar-refractivity contribution in [2.24, 2.45) is 0 Å². The fourth-order valence-corrected chi connectivity index (χ4v) is 2.16. The average molecular weight is 271 g/mol. The van der Waals surface area contributed by atoms with Crippen LogP contribution >= 0.6 is 0 Å². The number of methoxy groups -OCH3 is 1. The molecule has 1 aliphatic rings. The first kappa shape index (κ1) is 14.0. The van der Waals surface area contributed by atoms with Gasteiger partial charge in [0.05, 0.1) is 6.10 Å². The molecule has 0 bridgehead atoms. The Morgan fingerprint density at radius 3 is 2.89 bits per heavy atom. The van der Waals surface area contributed by atoms with Crippen molar-refractivity contribution in [1.82, 2.24) is 4.98 Å². The molecule has 1 N–H and O–H groups in total. The Balaban J connectivity index is 2.20. The highest BCUT2D eigenvalue weighted by molar-refractivity contribution is 5.50. The van der Waals surface area contributed by atoms with E-state index >= 15 is 0 Å². The van der Waals surface area contributed by atoms with Gasteiger partial charge in [-0.2, -0.15) is 0 Å². The van der Waals surface area contributed by atoms with Gasteiger partial charge in [-0.05, 0) is 12.8 Å². The summed E-state index contributed by atoms with van der Waals surface area (Å²) in [6.07, 6.45) is 1.76. The monoisotopic (exact) mass is 271 g/mol. The van der Waals surface area contributed by atoms with Gasteiger partial charge in [-0.25, -0.2) is 13.8 Å². The first-order valence-electron chi connectivity index (χ1n) is 6.53. The zero-order valence-corrected chi connectivity index (χ0v) is 11.2. The molecule has 0 aliphatic carbocycles. The number of halogens is 2. The minimum atomic E-state index is -0.655. The zero-order valence-electron chi connectivity index (χ0n) is 11.2. The number of pyridine rings is 1. The van der Waals surface area contributed by atoms with E-state index in [0.29, 0.717) is 19.6 Å². The molecule has 1 atom stereocenters. The highest BCUT2D eigenvalue weighted by Gasteiger charge is 2.26. The largest absolute Gasteiger partial charge is 0.380 e. The van der Waals surface area contributed by atoms with Gasteiger partial charge in [0.2, 0.25) is 0 Å². The van der Waals surface area contributed by atoms with E-state index in [1.807, 2.05) is 6.92 Å². The molecule has 1 fully saturated rings. The minimum absolute atomic E-state index is 0.0818. The number of hydrogen-bond donors (Lipinski definition) is 1. The molecule has 6 heteroatoms. The second-order valence-electron chi connectivity index (χ2n) is 4.64. The average Bonchev–Trinajstić information content (AvgIpc) is 2.86. The molecule has 0 aromatic carbocycles. The standard InChI is InChI=1S/C13H19F2N3O/c1-3-5-16-12-10(14)7-11(15)13(17-12)18-6-4-9(8-18)19-2/h7,9H,3-6,8H2,1-2H3,(H,16,17). The van der Waals surface area contributed by atoms with E-state index in [1.54, 1.807) is 12.0 Å². The van der Waals surface area contributed by atoms with Crippen molar-refractivity contribution in [3.05, 3.63) is 17.7 Å². The molecule has 1 aromatic heterocycles. The molecule has 0 saturated carbocycles. The molecule has 1 aromatic rings. The van der Waals surface area contributed by atoms with Crippen molar-refractivity contribution < 1.29 is 13.5 Å². The molecule has 106 valence electrons. The van der Waals surface area contributed by atoms with Gasteiger partial charge in [-0.15, -0.1) is 0 Å². The molecule has 0 amide bonds. The maximum atomic E-state index is 13.8. The lowest BCUT2D eigenvalue weighted by Gasteiger charge is -2.19. The summed E-state index contributed by atoms with van der Waals surface area (Å²) in [4.78, 5) is 5.86. The fourth-order valence-electron chi connectivity index (χ4n) is 2.16. The Bertz CT molecular complexity index is 442. The molecule has 1 aliphatic heterocycles. The van der Waals surface area contributed by atoms with Crippen LogP contribution in [0.2, 0.25) is 0 Å². The van der Waals surface area contributed by atoms with Gasteiger partial charge in [0.1, 0.15) is 0 Å². The first-order valence-corrected chi connectivity index (χ1v) is 6.53. The summed E-state index contributed by atoms with van der Waals surface area (Å²) in [5.74, 6) is -0.979. The molecule has 0 spiro atoms. The Morgan fingerprint density at radius 1 is 1.47 bits per heavy atom. The van der Waals surface area contributed by atoms with Crippen molar-refractivity contribution >= 4 is 11.6 Å². The number of rotatable bonds is 5. The van der Waals surface area contributed by atoms with Crippen LogP contribution in [0.5, 0.6) is 0 Å². The van der Waals surface area contributed by atoms with E-state index < -0.39 is 11.6 Å². The zero-order chi connectivity index (χ0) is 13.8. The van der Waals surface area contributed by atoms with Gasteiger partial charge < -0.3 is 15.0 Å². The normalized spacial score (nSPS) is 18.9. The Hall–Kier alpha value is -1.43. The Morgan fingerprint density at radius 2 is 2.26 bits per heavy atom. The molecule has 19 heavy (non-hydrogen) atoms. The highest BCUT2D eigenvalue weighted by Crippen LogP contribution is 2.26. The van der Waals surface area contributed by atoms with Crippen LogP contribution in [0.15, 0.2) is 6.07 Å². The lowest BCUT2D eigenvalue weighted by molar-refractivity contribution is 0.121. The molecule has 4 nitrogen and oxygen atoms in total. The van der Waals surface area contributed by atoms with Crippen LogP contribution in [0.3, 0.4) is 0 Å². The van der Waals surface area contributed by atoms with Crippen molar-refractivity contribution in [2.75, 3.05) is 37.0 Å². The topological polar surface area (TPSA) is 37.4 Å². The molecule has 0 radical (unpaired) electrons. The van der Waals surface area contributed by atoms with Gasteiger partial charge in [-0.1, -0.05) is 6.92 Å². The third kappa shape index (κ3) is 3.12. The van der Waals surface area contributed by atoms with Crippen molar-refractivity contribution in [3.8, 4) is 0 Å². The molecule has 2 rings (SSSR count). The second-order valence-corrected chi connectivity index (χ2v) is 4.64. The third-order valence-electron chi connectivity index (χ3n) is 3.23. The second kappa shape index (κ2) is 6.14. The summed E-state index contributed by atoms with van der Waals surface area (Å²) in [7, 11) is 1.64. The van der Waals surface area contributed by atoms with Crippen LogP contribution in [0.1, 0.15) is 19.8 Å². The maximum absolute atomic E-state index is 13.8. The van der Waals surface area contributed by atoms with E-state index in [0.717, 1.165) is 18.9 Å². The molecule has 1 saturated heterocycles. The molecular weight excluding hydrogens is 252 g/mol. The van der Waals surface area contributed by atoms with Gasteiger partial charge in [0.25, 0.3) is 0 Å². The smallest absolute Gasteiger partial charge is 0.168 e. The summed E-state index contributed by atoms with van der Waals surface area (Å²) in [6.45, 7) is 3.83. The van der Waals surface area contributed by atoms with Crippen LogP contribution in [0.25, 0.3) is 0 Å². The maximum Gasteiger partial charge on any atom is 0.168 e. The number of nitrogens with zero attached hydrogens (tertiary/aromatic N) is 2. The lowest BCUT2D eigenvalue weighted by Crippen LogP contribution is -2.24. The van der Waals surface area contributed by atoms with Crippen molar-refractivity contribution in [1.29, 1.82) is 0 Å². The van der Waals surface area contributed by atoms with Crippen LogP contribution in [0, 0.1) is 11.6 Å². The van der Waals surface area contributed by atoms with Gasteiger partial charge in [0.15, 0.2) is 23.3 Å². The Kier molecular flexibility index (Phi) is 4.52. The van der Waals surface area contributed by atoms with Gasteiger partial charge in [0, 0.05) is 32.8 Å². The molecule has 2 heterocycles. The van der Waals surface area contributed by atoms with E-state index in [-0.39, 0.29) is 17.7 Å². The third-order valence-corrected chi connectivity index (χ3v) is 3.23. The Labute approximate surface area is 111 Å². The molecule has 1 unspecified atom stereocenters. The predicted octanol–water partition coefficient (Wildman–Crippen LogP) is 2.41. The lowest BCUT2D eigenvalue weighted by atomic mass is 10.3. The fraction of sp³-hybridized carbons (Fsp3) is 0.615. The first-order chi connectivity index (χ1) is 9.15. The van der Waals surface area contributed by atoms with E-state index in [4.69, 9.17) is 4.74 Å². The highest BCUT2D eigenvalue weighted by atomic mass is 19.1. The SMILES string of the molecule is CCCNc1nc(N2CCC(OC)C2)c(F)cc1F. The number of hydrogen-bond acceptors (Lipinski definition) is 4. The van der Waals surface area contributed by atoms with Gasteiger partial charge >= 0.3 is 0 Å². The van der Waals surface area contributed by atoms with E-state index in [1.165, 1.54) is 0 Å². The van der Waals surface area contributed by atoms with Crippen LogP contribution < -0.4 is 10.2 Å². The van der Waals surface area contributed by atoms with E-state index in [2.05, 4.69) is 10.3 Å². The number of anilines is 2. The summed E-state index contributed by atoms with van der Waals surface area (Å²) in [5, 5.41) is 2.87. The summed E-state index contributed by atoms with van der Waals surface area (Å²) >= 11 is 0. The summed E-state index contributed by atoms with van der Waals surface area (Å²) in [5.41, 5.74) is 0. The van der Waals surface area contributed by atoms with Crippen LogP contribution in [0.4, 0.5) is 20.4 Å². The quantitative estimate of drug-likeness (QED) is 0.892. The summed E-state index contributed by atoms with van der Waals surface area (Å²) < 4.78 is 32.6. The van der Waals surface area contributed by atoms with Crippen LogP contribution in [-0.4, -0.2) is 37.8 Å². The van der Waals surface area contributed by atoms with E-state index in [9.17, 15) is 8.78 Å². The summed E-state index contributed by atoms with van der Waals surface area (Å²) in [6, 6.07) is 0.889. The number of ether oxygens (including phenoxy) is 1. The van der Waals surface area contributed by atoms with Crippen molar-refractivity contribution in [2.45, 2.75) is 25.9 Å². The van der Waals surface area contributed by atoms with Gasteiger partial charge in [-0.3, -0.25) is 0 Å². The number of aromatic nitrogens is 1. The predicted molar refractivity (Wildman–Crippen MR) is 70.6 cm³/mol. The van der Waals surface area contributed by atoms with Crippen LogP contribution in [-0.2, 0) is 4.74 Å².